The van der Waals surface area contributed by atoms with E-state index in [2.05, 4.69) is 0 Å². The van der Waals surface area contributed by atoms with Gasteiger partial charge in [0, 0.05) is 18.7 Å². The summed E-state index contributed by atoms with van der Waals surface area (Å²) < 4.78 is 33.8. The molecule has 0 bridgehead atoms. The van der Waals surface area contributed by atoms with Crippen LogP contribution in [0.2, 0.25) is 0 Å². The molecular formula is C19H21NO6S. The van der Waals surface area contributed by atoms with Crippen molar-refractivity contribution >= 4 is 21.7 Å². The van der Waals surface area contributed by atoms with Crippen LogP contribution in [-0.4, -0.2) is 55.9 Å². The zero-order chi connectivity index (χ0) is 19.6. The number of hydrogen-bond donors (Lipinski definition) is 0. The van der Waals surface area contributed by atoms with E-state index in [0.29, 0.717) is 12.0 Å². The summed E-state index contributed by atoms with van der Waals surface area (Å²) in [7, 11) is -1.58. The zero-order valence-corrected chi connectivity index (χ0v) is 15.9. The second-order valence-corrected chi connectivity index (χ2v) is 8.81. The molecular weight excluding hydrogens is 370 g/mol. The first-order valence-electron chi connectivity index (χ1n) is 8.59. The Morgan fingerprint density at radius 3 is 2.56 bits per heavy atom. The highest BCUT2D eigenvalue weighted by Gasteiger charge is 2.35. The molecule has 2 aromatic rings. The van der Waals surface area contributed by atoms with Crippen LogP contribution in [0.3, 0.4) is 0 Å². The number of rotatable bonds is 5. The highest BCUT2D eigenvalue weighted by Crippen LogP contribution is 2.26. The zero-order valence-electron chi connectivity index (χ0n) is 15.1. The van der Waals surface area contributed by atoms with Gasteiger partial charge in [0.2, 0.25) is 5.76 Å². The molecule has 27 heavy (non-hydrogen) atoms. The Balaban J connectivity index is 1.68. The average Bonchev–Trinajstić information content (AvgIpc) is 3.27. The third-order valence-corrected chi connectivity index (χ3v) is 6.42. The van der Waals surface area contributed by atoms with Crippen molar-refractivity contribution in [1.82, 2.24) is 4.90 Å². The number of nitrogens with zero attached hydrogens (tertiary/aromatic N) is 1. The fourth-order valence-electron chi connectivity index (χ4n) is 3.12. The van der Waals surface area contributed by atoms with E-state index in [9.17, 15) is 18.0 Å². The summed E-state index contributed by atoms with van der Waals surface area (Å²) in [5.74, 6) is -1.17. The average molecular weight is 391 g/mol. The summed E-state index contributed by atoms with van der Waals surface area (Å²) in [6, 6.07) is 10.5. The van der Waals surface area contributed by atoms with Crippen molar-refractivity contribution in [3.63, 3.8) is 0 Å². The molecule has 144 valence electrons. The largest absolute Gasteiger partial charge is 0.457 e. The predicted octanol–water partition coefficient (Wildman–Crippen LogP) is 2.14. The highest BCUT2D eigenvalue weighted by atomic mass is 32.2. The molecule has 0 aliphatic carbocycles. The van der Waals surface area contributed by atoms with Crippen LogP contribution in [0.25, 0.3) is 11.1 Å². The van der Waals surface area contributed by atoms with Crippen LogP contribution in [0.5, 0.6) is 0 Å². The van der Waals surface area contributed by atoms with Crippen molar-refractivity contribution < 1.29 is 27.2 Å². The van der Waals surface area contributed by atoms with Gasteiger partial charge in [0.05, 0.1) is 17.8 Å². The fraction of sp³-hybridized carbons (Fsp3) is 0.368. The lowest BCUT2D eigenvalue weighted by atomic mass is 10.1. The van der Waals surface area contributed by atoms with E-state index in [1.807, 2.05) is 30.3 Å². The SMILES string of the molecule is C[C@@H](OC(=O)c1occc1-c1ccccc1)C(=O)N(C)[C@@H]1CCS(=O)(=O)C1. The number of amides is 1. The first-order chi connectivity index (χ1) is 12.8. The van der Waals surface area contributed by atoms with E-state index in [-0.39, 0.29) is 17.3 Å². The number of sulfone groups is 1. The lowest BCUT2D eigenvalue weighted by Gasteiger charge is -2.26. The quantitative estimate of drug-likeness (QED) is 0.725. The first kappa shape index (κ1) is 19.2. The lowest BCUT2D eigenvalue weighted by Crippen LogP contribution is -2.44. The monoisotopic (exact) mass is 391 g/mol. The van der Waals surface area contributed by atoms with Gasteiger partial charge >= 0.3 is 5.97 Å². The Kier molecular flexibility index (Phi) is 5.36. The van der Waals surface area contributed by atoms with Gasteiger partial charge < -0.3 is 14.1 Å². The maximum atomic E-state index is 12.5. The molecule has 1 saturated heterocycles. The minimum atomic E-state index is -3.11. The van der Waals surface area contributed by atoms with Crippen molar-refractivity contribution in [3.8, 4) is 11.1 Å². The van der Waals surface area contributed by atoms with Crippen LogP contribution >= 0.6 is 0 Å². The van der Waals surface area contributed by atoms with Crippen molar-refractivity contribution in [2.24, 2.45) is 0 Å². The summed E-state index contributed by atoms with van der Waals surface area (Å²) in [5.41, 5.74) is 1.38. The molecule has 8 heteroatoms. The van der Waals surface area contributed by atoms with Gasteiger partial charge in [0.15, 0.2) is 15.9 Å². The van der Waals surface area contributed by atoms with Crippen LogP contribution in [-0.2, 0) is 19.4 Å². The third-order valence-electron chi connectivity index (χ3n) is 4.67. The number of furan rings is 1. The first-order valence-corrected chi connectivity index (χ1v) is 10.4. The van der Waals surface area contributed by atoms with E-state index < -0.39 is 33.9 Å². The standard InChI is InChI=1S/C19H21NO6S/c1-13(18(21)20(2)15-9-11-27(23,24)12-15)26-19(22)17-16(8-10-25-17)14-6-4-3-5-7-14/h3-8,10,13,15H,9,11-12H2,1-2H3/t13-,15-/m1/s1. The Hall–Kier alpha value is -2.61. The third kappa shape index (κ3) is 4.21. The summed E-state index contributed by atoms with van der Waals surface area (Å²) in [5, 5.41) is 0. The minimum absolute atomic E-state index is 0.0203. The molecule has 1 amide bonds. The molecule has 0 radical (unpaired) electrons. The predicted molar refractivity (Wildman–Crippen MR) is 98.9 cm³/mol. The molecule has 0 unspecified atom stereocenters. The summed E-state index contributed by atoms with van der Waals surface area (Å²) in [6.45, 7) is 1.46. The normalized spacial score (nSPS) is 19.4. The maximum absolute atomic E-state index is 12.5. The molecule has 0 spiro atoms. The number of benzene rings is 1. The number of carbonyl (C=O) groups is 2. The molecule has 0 N–H and O–H groups in total. The summed E-state index contributed by atoms with van der Waals surface area (Å²) in [6.07, 6.45) is 0.724. The Labute approximate surface area is 157 Å². The highest BCUT2D eigenvalue weighted by molar-refractivity contribution is 7.91. The van der Waals surface area contributed by atoms with Crippen LogP contribution < -0.4 is 0 Å². The molecule has 2 heterocycles. The van der Waals surface area contributed by atoms with Crippen LogP contribution in [0, 0.1) is 0 Å². The molecule has 2 atom stereocenters. The van der Waals surface area contributed by atoms with E-state index in [4.69, 9.17) is 9.15 Å². The number of hydrogen-bond acceptors (Lipinski definition) is 6. The van der Waals surface area contributed by atoms with Gasteiger partial charge in [-0.2, -0.15) is 0 Å². The molecule has 0 saturated carbocycles. The van der Waals surface area contributed by atoms with Crippen molar-refractivity contribution in [2.45, 2.75) is 25.5 Å². The van der Waals surface area contributed by atoms with Gasteiger partial charge in [0.1, 0.15) is 0 Å². The Morgan fingerprint density at radius 1 is 1.22 bits per heavy atom. The van der Waals surface area contributed by atoms with E-state index >= 15 is 0 Å². The van der Waals surface area contributed by atoms with Gasteiger partial charge in [-0.05, 0) is 25.0 Å². The van der Waals surface area contributed by atoms with Gasteiger partial charge in [0.25, 0.3) is 5.91 Å². The van der Waals surface area contributed by atoms with Crippen LogP contribution in [0.4, 0.5) is 0 Å². The van der Waals surface area contributed by atoms with Crippen LogP contribution in [0.15, 0.2) is 47.1 Å². The lowest BCUT2D eigenvalue weighted by molar-refractivity contribution is -0.140. The fourth-order valence-corrected chi connectivity index (χ4v) is 4.90. The van der Waals surface area contributed by atoms with Crippen LogP contribution in [0.1, 0.15) is 23.9 Å². The van der Waals surface area contributed by atoms with Gasteiger partial charge in [-0.15, -0.1) is 0 Å². The second-order valence-electron chi connectivity index (χ2n) is 6.58. The molecule has 7 nitrogen and oxygen atoms in total. The molecule has 1 fully saturated rings. The van der Waals surface area contributed by atoms with E-state index in [0.717, 1.165) is 5.56 Å². The summed E-state index contributed by atoms with van der Waals surface area (Å²) in [4.78, 5) is 26.4. The smallest absolute Gasteiger partial charge is 0.375 e. The minimum Gasteiger partial charge on any atom is -0.457 e. The number of carbonyl (C=O) groups excluding carboxylic acids is 2. The number of esters is 1. The number of ether oxygens (including phenoxy) is 1. The second kappa shape index (κ2) is 7.56. The molecule has 1 aliphatic rings. The van der Waals surface area contributed by atoms with Crippen molar-refractivity contribution in [1.29, 1.82) is 0 Å². The molecule has 1 aromatic carbocycles. The van der Waals surface area contributed by atoms with E-state index in [1.165, 1.54) is 25.1 Å². The Bertz CT molecular complexity index is 934. The maximum Gasteiger partial charge on any atom is 0.375 e. The molecule has 1 aromatic heterocycles. The summed E-state index contributed by atoms with van der Waals surface area (Å²) >= 11 is 0. The van der Waals surface area contributed by atoms with Crippen molar-refractivity contribution in [2.75, 3.05) is 18.6 Å². The molecule has 1 aliphatic heterocycles. The van der Waals surface area contributed by atoms with Gasteiger partial charge in [-0.25, -0.2) is 13.2 Å². The van der Waals surface area contributed by atoms with E-state index in [1.54, 1.807) is 6.07 Å². The molecule has 3 rings (SSSR count). The number of likely N-dealkylation sites (N-methyl/N-ethyl adjacent to an activating group) is 1. The van der Waals surface area contributed by atoms with Gasteiger partial charge in [-0.1, -0.05) is 30.3 Å². The Morgan fingerprint density at radius 2 is 1.93 bits per heavy atom. The van der Waals surface area contributed by atoms with Crippen molar-refractivity contribution in [3.05, 3.63) is 48.4 Å². The topological polar surface area (TPSA) is 93.9 Å². The van der Waals surface area contributed by atoms with Gasteiger partial charge in [-0.3, -0.25) is 4.79 Å².